The van der Waals surface area contributed by atoms with Crippen LogP contribution in [-0.2, 0) is 5.75 Å². The molecule has 20 heavy (non-hydrogen) atoms. The third-order valence-corrected chi connectivity index (χ3v) is 5.05. The van der Waals surface area contributed by atoms with E-state index >= 15 is 0 Å². The molecule has 1 aliphatic heterocycles. The summed E-state index contributed by atoms with van der Waals surface area (Å²) in [5.74, 6) is 2.31. The Morgan fingerprint density at radius 3 is 2.85 bits per heavy atom. The van der Waals surface area contributed by atoms with E-state index in [9.17, 15) is 0 Å². The first-order valence-corrected chi connectivity index (χ1v) is 8.37. The molecule has 0 saturated heterocycles. The average molecular weight is 283 g/mol. The van der Waals surface area contributed by atoms with E-state index in [1.165, 1.54) is 22.3 Å². The second-order valence-corrected chi connectivity index (χ2v) is 6.60. The van der Waals surface area contributed by atoms with E-state index < -0.39 is 0 Å². The molecule has 3 rings (SSSR count). The molecule has 0 saturated carbocycles. The number of aryl methyl sites for hydroxylation is 1. The highest BCUT2D eigenvalue weighted by atomic mass is 32.2. The highest BCUT2D eigenvalue weighted by Crippen LogP contribution is 2.33. The highest BCUT2D eigenvalue weighted by molar-refractivity contribution is 7.98. The molecule has 1 aliphatic rings. The van der Waals surface area contributed by atoms with Gasteiger partial charge in [0.05, 0.1) is 0 Å². The molecule has 2 aromatic carbocycles. The maximum absolute atomic E-state index is 3.80. The van der Waals surface area contributed by atoms with Crippen molar-refractivity contribution in [2.75, 3.05) is 5.75 Å². The lowest BCUT2D eigenvalue weighted by Gasteiger charge is -2.29. The van der Waals surface area contributed by atoms with Gasteiger partial charge in [-0.1, -0.05) is 54.1 Å². The summed E-state index contributed by atoms with van der Waals surface area (Å²) in [6, 6.07) is 18.5. The van der Waals surface area contributed by atoms with Gasteiger partial charge >= 0.3 is 0 Å². The molecule has 0 radical (unpaired) electrons. The molecular weight excluding hydrogens is 262 g/mol. The Balaban J connectivity index is 1.79. The molecule has 2 heteroatoms. The summed E-state index contributed by atoms with van der Waals surface area (Å²) in [5.41, 5.74) is 5.66. The third-order valence-electron chi connectivity index (χ3n) is 3.97. The van der Waals surface area contributed by atoms with E-state index in [1.54, 1.807) is 0 Å². The fourth-order valence-electron chi connectivity index (χ4n) is 2.86. The van der Waals surface area contributed by atoms with E-state index in [0.717, 1.165) is 11.5 Å². The molecule has 0 amide bonds. The first kappa shape index (κ1) is 13.7. The predicted molar refractivity (Wildman–Crippen MR) is 88.1 cm³/mol. The zero-order chi connectivity index (χ0) is 13.9. The summed E-state index contributed by atoms with van der Waals surface area (Å²) in [7, 11) is 0. The largest absolute Gasteiger partial charge is 0.303 e. The minimum atomic E-state index is 0.381. The Morgan fingerprint density at radius 1 is 1.15 bits per heavy atom. The summed E-state index contributed by atoms with van der Waals surface area (Å²) in [4.78, 5) is 0. The third kappa shape index (κ3) is 2.92. The van der Waals surface area contributed by atoms with Gasteiger partial charge in [-0.05, 0) is 30.5 Å². The molecule has 1 N–H and O–H groups in total. The maximum Gasteiger partial charge on any atom is 0.0419 e. The van der Waals surface area contributed by atoms with Gasteiger partial charge in [-0.15, -0.1) is 0 Å². The number of hydrogen-bond donors (Lipinski definition) is 1. The Labute approximate surface area is 125 Å². The van der Waals surface area contributed by atoms with Gasteiger partial charge in [-0.2, -0.15) is 11.8 Å². The van der Waals surface area contributed by atoms with Crippen LogP contribution in [0.2, 0.25) is 0 Å². The van der Waals surface area contributed by atoms with E-state index in [0.29, 0.717) is 12.1 Å². The van der Waals surface area contributed by atoms with E-state index in [1.807, 2.05) is 11.8 Å². The molecule has 0 aromatic heterocycles. The smallest absolute Gasteiger partial charge is 0.0419 e. The highest BCUT2D eigenvalue weighted by Gasteiger charge is 2.21. The molecule has 0 spiro atoms. The zero-order valence-corrected chi connectivity index (χ0v) is 12.9. The lowest BCUT2D eigenvalue weighted by atomic mass is 9.99. The van der Waals surface area contributed by atoms with E-state index in [-0.39, 0.29) is 0 Å². The summed E-state index contributed by atoms with van der Waals surface area (Å²) in [6.07, 6.45) is 0. The van der Waals surface area contributed by atoms with Crippen LogP contribution in [0, 0.1) is 6.92 Å². The van der Waals surface area contributed by atoms with Crippen LogP contribution in [0.3, 0.4) is 0 Å². The lowest BCUT2D eigenvalue weighted by Crippen LogP contribution is -2.29. The second kappa shape index (κ2) is 6.02. The van der Waals surface area contributed by atoms with E-state index in [4.69, 9.17) is 0 Å². The quantitative estimate of drug-likeness (QED) is 0.881. The van der Waals surface area contributed by atoms with Crippen LogP contribution >= 0.6 is 11.8 Å². The predicted octanol–water partition coefficient (Wildman–Crippen LogP) is 4.63. The first-order chi connectivity index (χ1) is 9.74. The van der Waals surface area contributed by atoms with Crippen LogP contribution < -0.4 is 5.32 Å². The molecule has 104 valence electrons. The van der Waals surface area contributed by atoms with Crippen LogP contribution in [0.1, 0.15) is 41.3 Å². The minimum absolute atomic E-state index is 0.381. The normalized spacial score (nSPS) is 19.4. The molecule has 1 unspecified atom stereocenters. The Hall–Kier alpha value is -1.25. The van der Waals surface area contributed by atoms with Crippen molar-refractivity contribution in [3.8, 4) is 0 Å². The van der Waals surface area contributed by atoms with Crippen LogP contribution in [0.4, 0.5) is 0 Å². The molecule has 1 nitrogen and oxygen atoms in total. The Morgan fingerprint density at radius 2 is 2.00 bits per heavy atom. The summed E-state index contributed by atoms with van der Waals surface area (Å²) >= 11 is 2.02. The van der Waals surface area contributed by atoms with Gasteiger partial charge in [0, 0.05) is 23.6 Å². The molecule has 2 aromatic rings. The van der Waals surface area contributed by atoms with Crippen molar-refractivity contribution < 1.29 is 0 Å². The summed E-state index contributed by atoms with van der Waals surface area (Å²) in [6.45, 7) is 4.42. The molecule has 0 fully saturated rings. The summed E-state index contributed by atoms with van der Waals surface area (Å²) < 4.78 is 0. The van der Waals surface area contributed by atoms with Crippen LogP contribution in [0.25, 0.3) is 0 Å². The topological polar surface area (TPSA) is 12.0 Å². The van der Waals surface area contributed by atoms with Gasteiger partial charge in [0.25, 0.3) is 0 Å². The number of fused-ring (bicyclic) bond motifs is 1. The monoisotopic (exact) mass is 283 g/mol. The average Bonchev–Trinajstić information content (AvgIpc) is 2.47. The van der Waals surface area contributed by atoms with Crippen LogP contribution in [0.15, 0.2) is 48.5 Å². The van der Waals surface area contributed by atoms with Gasteiger partial charge in [-0.25, -0.2) is 0 Å². The zero-order valence-electron chi connectivity index (χ0n) is 12.1. The Kier molecular flexibility index (Phi) is 4.13. The van der Waals surface area contributed by atoms with Crippen molar-refractivity contribution in [1.29, 1.82) is 0 Å². The minimum Gasteiger partial charge on any atom is -0.303 e. The Bertz CT molecular complexity index is 593. The van der Waals surface area contributed by atoms with Gasteiger partial charge in [0.2, 0.25) is 0 Å². The maximum atomic E-state index is 3.80. The fourth-order valence-corrected chi connectivity index (χ4v) is 3.97. The fraction of sp³-hybridized carbons (Fsp3) is 0.333. The van der Waals surface area contributed by atoms with Gasteiger partial charge < -0.3 is 5.32 Å². The van der Waals surface area contributed by atoms with Crippen molar-refractivity contribution >= 4 is 11.8 Å². The SMILES string of the molecule is Cc1cccc([C@@H](C)NC2CSCc3ccccc32)c1. The number of nitrogens with one attached hydrogen (secondary N) is 1. The van der Waals surface area contributed by atoms with Crippen LogP contribution in [0.5, 0.6) is 0 Å². The molecule has 1 heterocycles. The number of thioether (sulfide) groups is 1. The van der Waals surface area contributed by atoms with Crippen molar-refractivity contribution in [1.82, 2.24) is 5.32 Å². The number of rotatable bonds is 3. The number of benzene rings is 2. The van der Waals surface area contributed by atoms with Crippen molar-refractivity contribution in [3.05, 3.63) is 70.8 Å². The molecule has 0 bridgehead atoms. The summed E-state index contributed by atoms with van der Waals surface area (Å²) in [5, 5.41) is 3.80. The van der Waals surface area contributed by atoms with Crippen molar-refractivity contribution in [3.63, 3.8) is 0 Å². The molecule has 2 atom stereocenters. The van der Waals surface area contributed by atoms with Crippen molar-refractivity contribution in [2.45, 2.75) is 31.7 Å². The molecule has 0 aliphatic carbocycles. The van der Waals surface area contributed by atoms with Crippen molar-refractivity contribution in [2.24, 2.45) is 0 Å². The number of hydrogen-bond acceptors (Lipinski definition) is 2. The van der Waals surface area contributed by atoms with Crippen LogP contribution in [-0.4, -0.2) is 5.75 Å². The van der Waals surface area contributed by atoms with Gasteiger partial charge in [0.15, 0.2) is 0 Å². The van der Waals surface area contributed by atoms with E-state index in [2.05, 4.69) is 67.7 Å². The first-order valence-electron chi connectivity index (χ1n) is 7.22. The second-order valence-electron chi connectivity index (χ2n) is 5.57. The van der Waals surface area contributed by atoms with Gasteiger partial charge in [0.1, 0.15) is 0 Å². The molecular formula is C18H21NS. The lowest BCUT2D eigenvalue weighted by molar-refractivity contribution is 0.495. The van der Waals surface area contributed by atoms with Gasteiger partial charge in [-0.3, -0.25) is 0 Å². The standard InChI is InChI=1S/C18H21NS/c1-13-6-5-8-15(10-13)14(2)19-18-12-20-11-16-7-3-4-9-17(16)18/h3-10,14,18-19H,11-12H2,1-2H3/t14-,18?/m1/s1.